The van der Waals surface area contributed by atoms with Gasteiger partial charge in [0.15, 0.2) is 11.5 Å². The molecule has 0 saturated carbocycles. The molecule has 1 amide bonds. The Morgan fingerprint density at radius 2 is 1.76 bits per heavy atom. The number of anilines is 1. The Kier molecular flexibility index (Phi) is 3.64. The van der Waals surface area contributed by atoms with Crippen LogP contribution in [0.3, 0.4) is 0 Å². The van der Waals surface area contributed by atoms with Crippen LogP contribution in [0.4, 0.5) is 5.69 Å². The average Bonchev–Trinajstić information content (AvgIpc) is 2.53. The van der Waals surface area contributed by atoms with Crippen molar-refractivity contribution >= 4 is 11.6 Å². The Balaban J connectivity index is 1.66. The first-order valence-electron chi connectivity index (χ1n) is 6.74. The van der Waals surface area contributed by atoms with Gasteiger partial charge in [0.1, 0.15) is 13.2 Å². The van der Waals surface area contributed by atoms with E-state index in [1.807, 2.05) is 24.3 Å². The number of rotatable bonds is 3. The third-order valence-electron chi connectivity index (χ3n) is 3.24. The molecule has 3 rings (SSSR count). The minimum atomic E-state index is -0.149. The van der Waals surface area contributed by atoms with Crippen molar-refractivity contribution in [1.82, 2.24) is 5.32 Å². The first kappa shape index (κ1) is 13.3. The number of hydrogen-bond acceptors (Lipinski definition) is 4. The zero-order valence-electron chi connectivity index (χ0n) is 11.5. The van der Waals surface area contributed by atoms with Crippen LogP contribution in [0.15, 0.2) is 42.5 Å². The summed E-state index contributed by atoms with van der Waals surface area (Å²) in [6.45, 7) is 1.49. The van der Waals surface area contributed by atoms with Gasteiger partial charge in [-0.15, -0.1) is 0 Å². The topological polar surface area (TPSA) is 73.6 Å². The lowest BCUT2D eigenvalue weighted by Gasteiger charge is -2.18. The van der Waals surface area contributed by atoms with Crippen molar-refractivity contribution in [2.45, 2.75) is 6.54 Å². The molecule has 2 aromatic rings. The van der Waals surface area contributed by atoms with Gasteiger partial charge in [-0.25, -0.2) is 0 Å². The van der Waals surface area contributed by atoms with Crippen LogP contribution in [0.1, 0.15) is 15.9 Å². The van der Waals surface area contributed by atoms with Crippen LogP contribution in [-0.2, 0) is 6.54 Å². The number of nitrogens with two attached hydrogens (primary N) is 1. The molecule has 3 N–H and O–H groups in total. The monoisotopic (exact) mass is 284 g/mol. The summed E-state index contributed by atoms with van der Waals surface area (Å²) in [7, 11) is 0. The van der Waals surface area contributed by atoms with Crippen LogP contribution in [0.5, 0.6) is 11.5 Å². The first-order chi connectivity index (χ1) is 10.2. The molecule has 0 fully saturated rings. The second-order valence-electron chi connectivity index (χ2n) is 4.78. The van der Waals surface area contributed by atoms with Crippen molar-refractivity contribution in [3.63, 3.8) is 0 Å². The lowest BCUT2D eigenvalue weighted by Crippen LogP contribution is -2.23. The summed E-state index contributed by atoms with van der Waals surface area (Å²) in [4.78, 5) is 12.1. The third kappa shape index (κ3) is 3.08. The van der Waals surface area contributed by atoms with Crippen molar-refractivity contribution < 1.29 is 14.3 Å². The Morgan fingerprint density at radius 3 is 2.52 bits per heavy atom. The number of nitrogens with one attached hydrogen (secondary N) is 1. The highest BCUT2D eigenvalue weighted by molar-refractivity contribution is 5.94. The Morgan fingerprint density at radius 1 is 1.05 bits per heavy atom. The lowest BCUT2D eigenvalue weighted by molar-refractivity contribution is 0.0949. The van der Waals surface area contributed by atoms with E-state index in [2.05, 4.69) is 5.32 Å². The Hall–Kier alpha value is -2.69. The fraction of sp³-hybridized carbons (Fsp3) is 0.188. The number of hydrogen-bond donors (Lipinski definition) is 2. The number of carbonyl (C=O) groups excluding carboxylic acids is 1. The van der Waals surface area contributed by atoms with Gasteiger partial charge in [0.25, 0.3) is 5.91 Å². The number of amides is 1. The molecule has 2 aromatic carbocycles. The van der Waals surface area contributed by atoms with Gasteiger partial charge in [0.2, 0.25) is 0 Å². The summed E-state index contributed by atoms with van der Waals surface area (Å²) in [5.41, 5.74) is 7.88. The van der Waals surface area contributed by atoms with Crippen LogP contribution in [0.25, 0.3) is 0 Å². The summed E-state index contributed by atoms with van der Waals surface area (Å²) in [5.74, 6) is 1.14. The highest BCUT2D eigenvalue weighted by Gasteiger charge is 2.14. The highest BCUT2D eigenvalue weighted by atomic mass is 16.6. The van der Waals surface area contributed by atoms with E-state index in [-0.39, 0.29) is 5.91 Å². The SMILES string of the molecule is Nc1ccc(CNC(=O)c2ccc3c(c2)OCCO3)cc1. The predicted octanol–water partition coefficient (Wildman–Crippen LogP) is 1.97. The molecule has 0 bridgehead atoms. The molecular formula is C16H16N2O3. The van der Waals surface area contributed by atoms with Crippen molar-refractivity contribution in [2.24, 2.45) is 0 Å². The van der Waals surface area contributed by atoms with Crippen LogP contribution in [-0.4, -0.2) is 19.1 Å². The second kappa shape index (κ2) is 5.75. The van der Waals surface area contributed by atoms with E-state index in [0.717, 1.165) is 5.56 Å². The van der Waals surface area contributed by atoms with E-state index < -0.39 is 0 Å². The molecule has 0 radical (unpaired) electrons. The first-order valence-corrected chi connectivity index (χ1v) is 6.74. The number of benzene rings is 2. The molecule has 108 valence electrons. The highest BCUT2D eigenvalue weighted by Crippen LogP contribution is 2.30. The van der Waals surface area contributed by atoms with Gasteiger partial charge < -0.3 is 20.5 Å². The van der Waals surface area contributed by atoms with Crippen LogP contribution >= 0.6 is 0 Å². The van der Waals surface area contributed by atoms with Gasteiger partial charge in [-0.1, -0.05) is 12.1 Å². The summed E-state index contributed by atoms with van der Waals surface area (Å²) >= 11 is 0. The van der Waals surface area contributed by atoms with Gasteiger partial charge in [-0.3, -0.25) is 4.79 Å². The molecule has 1 heterocycles. The number of nitrogen functional groups attached to an aromatic ring is 1. The standard InChI is InChI=1S/C16H16N2O3/c17-13-4-1-11(2-5-13)10-18-16(19)12-3-6-14-15(9-12)21-8-7-20-14/h1-6,9H,7-8,10,17H2,(H,18,19). The second-order valence-corrected chi connectivity index (χ2v) is 4.78. The Bertz CT molecular complexity index is 653. The van der Waals surface area contributed by atoms with Crippen molar-refractivity contribution in [3.05, 3.63) is 53.6 Å². The van der Waals surface area contributed by atoms with Crippen LogP contribution < -0.4 is 20.5 Å². The molecule has 0 aliphatic carbocycles. The molecule has 5 heteroatoms. The lowest BCUT2D eigenvalue weighted by atomic mass is 10.1. The van der Waals surface area contributed by atoms with Crippen molar-refractivity contribution in [3.8, 4) is 11.5 Å². The maximum atomic E-state index is 12.1. The van der Waals surface area contributed by atoms with E-state index >= 15 is 0 Å². The molecule has 0 atom stereocenters. The van der Waals surface area contributed by atoms with Crippen LogP contribution in [0.2, 0.25) is 0 Å². The maximum Gasteiger partial charge on any atom is 0.251 e. The van der Waals surface area contributed by atoms with Gasteiger partial charge in [0, 0.05) is 17.8 Å². The predicted molar refractivity (Wildman–Crippen MR) is 79.5 cm³/mol. The number of carbonyl (C=O) groups is 1. The molecule has 0 saturated heterocycles. The van der Waals surface area contributed by atoms with E-state index in [9.17, 15) is 4.79 Å². The zero-order valence-corrected chi connectivity index (χ0v) is 11.5. The summed E-state index contributed by atoms with van der Waals surface area (Å²) in [5, 5.41) is 2.87. The smallest absolute Gasteiger partial charge is 0.251 e. The van der Waals surface area contributed by atoms with Gasteiger partial charge in [-0.2, -0.15) is 0 Å². The molecule has 0 unspecified atom stereocenters. The molecular weight excluding hydrogens is 268 g/mol. The normalized spacial score (nSPS) is 12.8. The third-order valence-corrected chi connectivity index (χ3v) is 3.24. The maximum absolute atomic E-state index is 12.1. The van der Waals surface area contributed by atoms with Gasteiger partial charge in [-0.05, 0) is 35.9 Å². The van der Waals surface area contributed by atoms with Gasteiger partial charge in [0.05, 0.1) is 0 Å². The fourth-order valence-electron chi connectivity index (χ4n) is 2.10. The van der Waals surface area contributed by atoms with E-state index in [1.165, 1.54) is 0 Å². The minimum absolute atomic E-state index is 0.149. The molecule has 1 aliphatic rings. The summed E-state index contributed by atoms with van der Waals surface area (Å²) in [6.07, 6.45) is 0. The minimum Gasteiger partial charge on any atom is -0.486 e. The fourth-order valence-corrected chi connectivity index (χ4v) is 2.10. The zero-order chi connectivity index (χ0) is 14.7. The van der Waals surface area contributed by atoms with Crippen molar-refractivity contribution in [1.29, 1.82) is 0 Å². The summed E-state index contributed by atoms with van der Waals surface area (Å²) < 4.78 is 10.9. The van der Waals surface area contributed by atoms with Crippen molar-refractivity contribution in [2.75, 3.05) is 18.9 Å². The molecule has 0 aromatic heterocycles. The molecule has 1 aliphatic heterocycles. The van der Waals surface area contributed by atoms with E-state index in [4.69, 9.17) is 15.2 Å². The summed E-state index contributed by atoms with van der Waals surface area (Å²) in [6, 6.07) is 12.6. The average molecular weight is 284 g/mol. The van der Waals surface area contributed by atoms with Crippen LogP contribution in [0, 0.1) is 0 Å². The van der Waals surface area contributed by atoms with E-state index in [1.54, 1.807) is 18.2 Å². The molecule has 21 heavy (non-hydrogen) atoms. The molecule has 0 spiro atoms. The largest absolute Gasteiger partial charge is 0.486 e. The quantitative estimate of drug-likeness (QED) is 0.845. The number of fused-ring (bicyclic) bond motifs is 1. The number of ether oxygens (including phenoxy) is 2. The molecule has 5 nitrogen and oxygen atoms in total. The van der Waals surface area contributed by atoms with E-state index in [0.29, 0.717) is 42.5 Å². The Labute approximate surface area is 122 Å². The van der Waals surface area contributed by atoms with Gasteiger partial charge >= 0.3 is 0 Å².